The van der Waals surface area contributed by atoms with Crippen molar-refractivity contribution < 1.29 is 73.9 Å². The first-order valence-corrected chi connectivity index (χ1v) is 8.72. The molecule has 0 bridgehead atoms. The monoisotopic (exact) mass is 411 g/mol. The van der Waals surface area contributed by atoms with Crippen LogP contribution in [0.4, 0.5) is 23.4 Å². The van der Waals surface area contributed by atoms with Crippen LogP contribution in [-0.4, -0.2) is 49.8 Å². The number of nitrogens with zero attached hydrogens (tertiary/aromatic N) is 1. The molecule has 1 aromatic carbocycles. The van der Waals surface area contributed by atoms with Crippen molar-refractivity contribution in [1.82, 2.24) is 10.2 Å². The van der Waals surface area contributed by atoms with Crippen LogP contribution in [0.3, 0.4) is 0 Å². The van der Waals surface area contributed by atoms with E-state index in [1.807, 2.05) is 0 Å². The molecule has 2 rings (SSSR count). The van der Waals surface area contributed by atoms with Crippen molar-refractivity contribution in [2.75, 3.05) is 31.5 Å². The minimum Gasteiger partial charge on any atom is -0.445 e. The summed E-state index contributed by atoms with van der Waals surface area (Å²) in [6.45, 7) is 4.97. The number of amides is 1. The standard InChI is InChI=1S/C17H26BF3N3O2.K/c1-12-13(11-24-7-5-22-6-8-24)9-14(10-15(12)18(19,20)21)23-16(25)26-17(2,3)4;/h9-10,22H,5-8,11H2,1-4H3,(H,23,25);/q-1;+1. The summed E-state index contributed by atoms with van der Waals surface area (Å²) in [6, 6.07) is 2.59. The van der Waals surface area contributed by atoms with Gasteiger partial charge >= 0.3 is 64.5 Å². The van der Waals surface area contributed by atoms with E-state index in [0.29, 0.717) is 12.1 Å². The summed E-state index contributed by atoms with van der Waals surface area (Å²) in [5, 5.41) is 5.65. The Morgan fingerprint density at radius 3 is 2.37 bits per heavy atom. The first-order valence-electron chi connectivity index (χ1n) is 8.72. The number of piperazine rings is 1. The summed E-state index contributed by atoms with van der Waals surface area (Å²) in [5.74, 6) is 0. The van der Waals surface area contributed by atoms with Gasteiger partial charge in [-0.15, -0.1) is 5.46 Å². The fraction of sp³-hybridized carbons (Fsp3) is 0.588. The van der Waals surface area contributed by atoms with Gasteiger partial charge in [-0.2, -0.15) is 0 Å². The Morgan fingerprint density at radius 2 is 1.85 bits per heavy atom. The predicted octanol–water partition coefficient (Wildman–Crippen LogP) is -0.194. The fourth-order valence-corrected chi connectivity index (χ4v) is 2.91. The number of carbonyl (C=O) groups excluding carboxylic acids is 1. The number of hydrogen-bond donors (Lipinski definition) is 2. The molecule has 27 heavy (non-hydrogen) atoms. The third kappa shape index (κ3) is 8.04. The zero-order valence-electron chi connectivity index (χ0n) is 16.7. The maximum Gasteiger partial charge on any atom is 1.00 e. The largest absolute Gasteiger partial charge is 1.00 e. The summed E-state index contributed by atoms with van der Waals surface area (Å²) in [7, 11) is 0. The molecule has 10 heteroatoms. The van der Waals surface area contributed by atoms with E-state index in [-0.39, 0.29) is 62.6 Å². The van der Waals surface area contributed by atoms with Gasteiger partial charge in [0.25, 0.3) is 0 Å². The maximum absolute atomic E-state index is 13.5. The number of benzene rings is 1. The van der Waals surface area contributed by atoms with Gasteiger partial charge in [-0.25, -0.2) is 4.79 Å². The van der Waals surface area contributed by atoms with Crippen LogP contribution in [0.1, 0.15) is 31.9 Å². The number of anilines is 1. The number of carbonyl (C=O) groups is 1. The third-order valence-electron chi connectivity index (χ3n) is 4.16. The SMILES string of the molecule is Cc1c(CN2CCNCC2)cc(NC(=O)OC(C)(C)C)cc1[B-](F)(F)F.[K+]. The first kappa shape index (κ1) is 24.9. The Labute approximate surface area is 201 Å². The molecule has 0 saturated carbocycles. The Balaban J connectivity index is 0.00000364. The van der Waals surface area contributed by atoms with Gasteiger partial charge in [0.2, 0.25) is 0 Å². The van der Waals surface area contributed by atoms with Crippen LogP contribution in [0.5, 0.6) is 0 Å². The Morgan fingerprint density at radius 1 is 1.26 bits per heavy atom. The molecule has 0 spiro atoms. The van der Waals surface area contributed by atoms with E-state index in [0.717, 1.165) is 32.2 Å². The predicted molar refractivity (Wildman–Crippen MR) is 97.9 cm³/mol. The minimum absolute atomic E-state index is 0. The van der Waals surface area contributed by atoms with E-state index in [1.54, 1.807) is 26.8 Å². The first-order chi connectivity index (χ1) is 12.0. The normalized spacial score (nSPS) is 15.8. The van der Waals surface area contributed by atoms with Crippen molar-refractivity contribution in [3.8, 4) is 0 Å². The van der Waals surface area contributed by atoms with Crippen LogP contribution in [0, 0.1) is 6.92 Å². The minimum atomic E-state index is -5.18. The van der Waals surface area contributed by atoms with E-state index in [4.69, 9.17) is 4.74 Å². The van der Waals surface area contributed by atoms with Gasteiger partial charge in [0.1, 0.15) is 5.60 Å². The van der Waals surface area contributed by atoms with Gasteiger partial charge in [-0.1, -0.05) is 11.6 Å². The molecule has 146 valence electrons. The summed E-state index contributed by atoms with van der Waals surface area (Å²) < 4.78 is 45.6. The average molecular weight is 411 g/mol. The number of nitrogens with one attached hydrogen (secondary N) is 2. The zero-order valence-corrected chi connectivity index (χ0v) is 19.8. The van der Waals surface area contributed by atoms with E-state index < -0.39 is 24.1 Å². The summed E-state index contributed by atoms with van der Waals surface area (Å²) in [5.41, 5.74) is -0.525. The van der Waals surface area contributed by atoms with Gasteiger partial charge in [0, 0.05) is 38.4 Å². The molecule has 1 aliphatic heterocycles. The van der Waals surface area contributed by atoms with Crippen molar-refractivity contribution in [2.24, 2.45) is 0 Å². The second-order valence-corrected chi connectivity index (χ2v) is 7.58. The van der Waals surface area contributed by atoms with E-state index in [1.165, 1.54) is 6.92 Å². The molecule has 0 radical (unpaired) electrons. The molecular formula is C17H26BF3KN3O2. The number of hydrogen-bond acceptors (Lipinski definition) is 4. The number of halogens is 3. The molecule has 1 fully saturated rings. The fourth-order valence-electron chi connectivity index (χ4n) is 2.91. The number of rotatable bonds is 4. The van der Waals surface area contributed by atoms with Crippen molar-refractivity contribution in [2.45, 2.75) is 39.8 Å². The van der Waals surface area contributed by atoms with Crippen LogP contribution in [0.25, 0.3) is 0 Å². The second kappa shape index (κ2) is 10.1. The molecule has 0 atom stereocenters. The van der Waals surface area contributed by atoms with Gasteiger partial charge < -0.3 is 23.0 Å². The molecule has 1 heterocycles. The molecule has 5 nitrogen and oxygen atoms in total. The zero-order chi connectivity index (χ0) is 19.5. The van der Waals surface area contributed by atoms with Crippen molar-refractivity contribution >= 4 is 24.2 Å². The summed E-state index contributed by atoms with van der Waals surface area (Å²) in [6.07, 6.45) is -0.768. The van der Waals surface area contributed by atoms with Gasteiger partial charge in [-0.05, 0) is 39.3 Å². The van der Waals surface area contributed by atoms with Crippen molar-refractivity contribution in [1.29, 1.82) is 0 Å². The van der Waals surface area contributed by atoms with Gasteiger partial charge in [0.15, 0.2) is 0 Å². The van der Waals surface area contributed by atoms with Crippen LogP contribution < -0.4 is 67.5 Å². The van der Waals surface area contributed by atoms with Crippen molar-refractivity contribution in [3.05, 3.63) is 23.3 Å². The maximum atomic E-state index is 13.5. The van der Waals surface area contributed by atoms with Crippen LogP contribution >= 0.6 is 0 Å². The van der Waals surface area contributed by atoms with Crippen molar-refractivity contribution in [3.63, 3.8) is 0 Å². The summed E-state index contributed by atoms with van der Waals surface area (Å²) in [4.78, 5) is 14.0. The number of ether oxygens (including phenoxy) is 1. The molecule has 1 amide bonds. The van der Waals surface area contributed by atoms with Crippen LogP contribution in [-0.2, 0) is 11.3 Å². The summed E-state index contributed by atoms with van der Waals surface area (Å²) >= 11 is 0. The Kier molecular flexibility index (Phi) is 9.32. The van der Waals surface area contributed by atoms with E-state index in [2.05, 4.69) is 15.5 Å². The molecule has 2 N–H and O–H groups in total. The van der Waals surface area contributed by atoms with E-state index >= 15 is 0 Å². The second-order valence-electron chi connectivity index (χ2n) is 7.58. The van der Waals surface area contributed by atoms with Crippen LogP contribution in [0.2, 0.25) is 0 Å². The molecule has 0 aliphatic carbocycles. The molecule has 1 aliphatic rings. The molecule has 1 saturated heterocycles. The Bertz CT molecular complexity index is 660. The van der Waals surface area contributed by atoms with Crippen LogP contribution in [0.15, 0.2) is 12.1 Å². The molecule has 0 aromatic heterocycles. The third-order valence-corrected chi connectivity index (χ3v) is 4.16. The van der Waals surface area contributed by atoms with Gasteiger partial charge in [0.05, 0.1) is 0 Å². The molecule has 0 unspecified atom stereocenters. The Hall–Kier alpha value is -0.0987. The van der Waals surface area contributed by atoms with E-state index in [9.17, 15) is 17.7 Å². The quantitative estimate of drug-likeness (QED) is 0.675. The average Bonchev–Trinajstić information content (AvgIpc) is 2.48. The van der Waals surface area contributed by atoms with Gasteiger partial charge in [-0.3, -0.25) is 10.2 Å². The molecular weight excluding hydrogens is 385 g/mol. The topological polar surface area (TPSA) is 53.6 Å². The smallest absolute Gasteiger partial charge is 0.445 e. The molecule has 1 aromatic rings.